The van der Waals surface area contributed by atoms with Crippen molar-refractivity contribution in [1.29, 1.82) is 0 Å². The molecule has 190 valence electrons. The zero-order chi connectivity index (χ0) is 25.8. The molecule has 1 saturated heterocycles. The zero-order valence-electron chi connectivity index (χ0n) is 22.4. The molecule has 6 heteroatoms. The summed E-state index contributed by atoms with van der Waals surface area (Å²) in [6.07, 6.45) is 2.93. The molecule has 0 aliphatic carbocycles. The first kappa shape index (κ1) is 26.6. The lowest BCUT2D eigenvalue weighted by Gasteiger charge is -2.47. The van der Waals surface area contributed by atoms with Gasteiger partial charge >= 0.3 is 0 Å². The van der Waals surface area contributed by atoms with Gasteiger partial charge in [-0.05, 0) is 69.7 Å². The van der Waals surface area contributed by atoms with Crippen LogP contribution in [0.4, 0.5) is 0 Å². The zero-order valence-corrected chi connectivity index (χ0v) is 22.4. The molecule has 6 nitrogen and oxygen atoms in total. The molecule has 1 atom stereocenters. The molecule has 0 bridgehead atoms. The van der Waals surface area contributed by atoms with E-state index in [2.05, 4.69) is 75.6 Å². The maximum absolute atomic E-state index is 13.8. The van der Waals surface area contributed by atoms with Crippen molar-refractivity contribution in [2.75, 3.05) is 7.11 Å². The topological polar surface area (TPSA) is 79.6 Å². The van der Waals surface area contributed by atoms with Gasteiger partial charge in [0.1, 0.15) is 11.6 Å². The molecule has 1 amide bonds. The second kappa shape index (κ2) is 10.7. The van der Waals surface area contributed by atoms with Gasteiger partial charge in [0.05, 0.1) is 29.8 Å². The predicted octanol–water partition coefficient (Wildman–Crippen LogP) is 5.45. The van der Waals surface area contributed by atoms with Crippen LogP contribution in [-0.4, -0.2) is 23.6 Å². The van der Waals surface area contributed by atoms with Gasteiger partial charge in [-0.3, -0.25) is 9.80 Å². The van der Waals surface area contributed by atoms with Crippen LogP contribution >= 0.6 is 0 Å². The number of nitrogens with one attached hydrogen (secondary N) is 2. The van der Waals surface area contributed by atoms with E-state index in [4.69, 9.17) is 10.6 Å². The number of carbonyl (C=O) groups is 1. The number of ether oxygens (including phenoxy) is 1. The minimum Gasteiger partial charge on any atom is -0.497 e. The number of amides is 1. The van der Waals surface area contributed by atoms with Gasteiger partial charge in [-0.2, -0.15) is 0 Å². The Kier molecular flexibility index (Phi) is 8.16. The lowest BCUT2D eigenvalue weighted by Crippen LogP contribution is -2.58. The van der Waals surface area contributed by atoms with Gasteiger partial charge in [0.15, 0.2) is 0 Å². The van der Waals surface area contributed by atoms with Crippen LogP contribution in [-0.2, 0) is 10.3 Å². The Bertz CT molecular complexity index is 1050. The summed E-state index contributed by atoms with van der Waals surface area (Å²) in [6, 6.07) is 16.5. The van der Waals surface area contributed by atoms with Crippen molar-refractivity contribution in [3.05, 3.63) is 76.6 Å². The minimum absolute atomic E-state index is 0.00320. The molecule has 1 aliphatic rings. The van der Waals surface area contributed by atoms with Crippen LogP contribution in [0.3, 0.4) is 0 Å². The van der Waals surface area contributed by atoms with Gasteiger partial charge in [0, 0.05) is 0 Å². The third kappa shape index (κ3) is 5.48. The van der Waals surface area contributed by atoms with E-state index in [9.17, 15) is 4.79 Å². The Morgan fingerprint density at radius 3 is 2.40 bits per heavy atom. The summed E-state index contributed by atoms with van der Waals surface area (Å²) in [7, 11) is 1.67. The second-order valence-electron chi connectivity index (χ2n) is 10.2. The maximum Gasteiger partial charge on any atom is 0.251 e. The number of benzene rings is 2. The van der Waals surface area contributed by atoms with Crippen LogP contribution < -0.4 is 21.2 Å². The highest BCUT2D eigenvalue weighted by Gasteiger charge is 2.39. The van der Waals surface area contributed by atoms with Gasteiger partial charge in [-0.1, -0.05) is 62.7 Å². The third-order valence-electron chi connectivity index (χ3n) is 7.48. The highest BCUT2D eigenvalue weighted by atomic mass is 16.5. The predicted molar refractivity (Wildman–Crippen MR) is 142 cm³/mol. The molecule has 35 heavy (non-hydrogen) atoms. The number of methoxy groups -OCH3 is 1. The molecule has 0 saturated carbocycles. The van der Waals surface area contributed by atoms with Gasteiger partial charge in [0.2, 0.25) is 0 Å². The van der Waals surface area contributed by atoms with Crippen molar-refractivity contribution in [3.63, 3.8) is 0 Å². The van der Waals surface area contributed by atoms with E-state index in [1.165, 1.54) is 5.56 Å². The Morgan fingerprint density at radius 1 is 1.17 bits per heavy atom. The summed E-state index contributed by atoms with van der Waals surface area (Å²) in [5.74, 6) is 8.04. The molecule has 1 fully saturated rings. The molecule has 1 heterocycles. The summed E-state index contributed by atoms with van der Waals surface area (Å²) in [6.45, 7) is 12.6. The van der Waals surface area contributed by atoms with Crippen molar-refractivity contribution in [2.24, 2.45) is 5.84 Å². The summed E-state index contributed by atoms with van der Waals surface area (Å²) in [5, 5.41) is 8.72. The quantitative estimate of drug-likeness (QED) is 0.347. The van der Waals surface area contributed by atoms with E-state index >= 15 is 0 Å². The fourth-order valence-electron chi connectivity index (χ4n) is 4.99. The molecular weight excluding hydrogens is 436 g/mol. The molecule has 0 aromatic heterocycles. The van der Waals surface area contributed by atoms with E-state index in [1.807, 2.05) is 25.1 Å². The highest BCUT2D eigenvalue weighted by molar-refractivity contribution is 5.94. The van der Waals surface area contributed by atoms with Crippen LogP contribution in [0.5, 0.6) is 5.75 Å². The van der Waals surface area contributed by atoms with E-state index in [-0.39, 0.29) is 17.5 Å². The first-order valence-corrected chi connectivity index (χ1v) is 12.7. The van der Waals surface area contributed by atoms with Gasteiger partial charge in [0.25, 0.3) is 5.91 Å². The van der Waals surface area contributed by atoms with Crippen LogP contribution in [0, 0.1) is 6.92 Å². The van der Waals surface area contributed by atoms with Crippen LogP contribution in [0.25, 0.3) is 0 Å². The first-order valence-electron chi connectivity index (χ1n) is 12.7. The number of carbonyl (C=O) groups excluding carboxylic acids is 1. The number of rotatable bonds is 8. The van der Waals surface area contributed by atoms with Crippen molar-refractivity contribution in [3.8, 4) is 5.75 Å². The standard InChI is InChI=1S/C29H42N4O2/c1-8-24(27(34)32-29(9-2,10-3)22-16-14-20(4)15-17-22)26-31-25(19-28(5,6)33(26)30)21-12-11-13-23(18-21)35-7/h11-18,25,31H,8-10,19,30H2,1-7H3,(H,32,34)/b26-24+. The van der Waals surface area contributed by atoms with Crippen molar-refractivity contribution in [1.82, 2.24) is 15.6 Å². The number of hydrazine groups is 1. The fraction of sp³-hybridized carbons (Fsp3) is 0.483. The van der Waals surface area contributed by atoms with Crippen LogP contribution in [0.1, 0.15) is 83.0 Å². The smallest absolute Gasteiger partial charge is 0.251 e. The number of nitrogens with zero attached hydrogens (tertiary/aromatic N) is 1. The molecule has 4 N–H and O–H groups in total. The Morgan fingerprint density at radius 2 is 1.83 bits per heavy atom. The number of hydrogen-bond donors (Lipinski definition) is 3. The molecule has 1 aliphatic heterocycles. The van der Waals surface area contributed by atoms with Crippen molar-refractivity contribution in [2.45, 2.75) is 84.3 Å². The Hall–Kier alpha value is -2.99. The number of hydrogen-bond acceptors (Lipinski definition) is 5. The molecule has 0 spiro atoms. The maximum atomic E-state index is 13.8. The SMILES string of the molecule is CC/C(C(=O)NC(CC)(CC)c1ccc(C)cc1)=C1/NC(c2cccc(OC)c2)CC(C)(C)N1N. The summed E-state index contributed by atoms with van der Waals surface area (Å²) in [4.78, 5) is 13.8. The molecule has 2 aromatic carbocycles. The average Bonchev–Trinajstić information content (AvgIpc) is 2.86. The van der Waals surface area contributed by atoms with Gasteiger partial charge in [-0.25, -0.2) is 5.84 Å². The summed E-state index contributed by atoms with van der Waals surface area (Å²) in [5.41, 5.74) is 3.30. The van der Waals surface area contributed by atoms with Crippen LogP contribution in [0.15, 0.2) is 59.9 Å². The lowest BCUT2D eigenvalue weighted by molar-refractivity contribution is -0.120. The first-order chi connectivity index (χ1) is 16.6. The monoisotopic (exact) mass is 478 g/mol. The van der Waals surface area contributed by atoms with E-state index in [1.54, 1.807) is 12.1 Å². The second-order valence-corrected chi connectivity index (χ2v) is 10.2. The Labute approximate surface area is 210 Å². The normalized spacial score (nSPS) is 19.1. The number of aryl methyl sites for hydroxylation is 1. The summed E-state index contributed by atoms with van der Waals surface area (Å²) < 4.78 is 5.44. The van der Waals surface area contributed by atoms with E-state index in [0.717, 1.165) is 36.1 Å². The average molecular weight is 479 g/mol. The van der Waals surface area contributed by atoms with Gasteiger partial charge in [-0.15, -0.1) is 0 Å². The van der Waals surface area contributed by atoms with Gasteiger partial charge < -0.3 is 15.4 Å². The van der Waals surface area contributed by atoms with E-state index < -0.39 is 5.54 Å². The van der Waals surface area contributed by atoms with Crippen molar-refractivity contribution >= 4 is 5.91 Å². The molecule has 3 rings (SSSR count). The van der Waals surface area contributed by atoms with Crippen molar-refractivity contribution < 1.29 is 9.53 Å². The van der Waals surface area contributed by atoms with E-state index in [0.29, 0.717) is 17.8 Å². The Balaban J connectivity index is 2.00. The highest BCUT2D eigenvalue weighted by Crippen LogP contribution is 2.37. The molecule has 1 unspecified atom stereocenters. The minimum atomic E-state index is -0.443. The molecule has 2 aromatic rings. The molecule has 0 radical (unpaired) electrons. The van der Waals surface area contributed by atoms with Crippen LogP contribution in [0.2, 0.25) is 0 Å². The fourth-order valence-corrected chi connectivity index (χ4v) is 4.99. The lowest BCUT2D eigenvalue weighted by atomic mass is 9.83. The largest absolute Gasteiger partial charge is 0.497 e. The molecular formula is C29H42N4O2. The third-order valence-corrected chi connectivity index (χ3v) is 7.48. The number of nitrogens with two attached hydrogens (primary N) is 1. The summed E-state index contributed by atoms with van der Waals surface area (Å²) >= 11 is 0.